The number of carbonyl (C=O) groups is 2. The van der Waals surface area contributed by atoms with Crippen molar-refractivity contribution in [1.29, 1.82) is 0 Å². The van der Waals surface area contributed by atoms with Gasteiger partial charge >= 0.3 is 0 Å². The second-order valence-corrected chi connectivity index (χ2v) is 4.80. The van der Waals surface area contributed by atoms with Crippen molar-refractivity contribution in [1.82, 2.24) is 10.2 Å². The van der Waals surface area contributed by atoms with Gasteiger partial charge in [-0.05, 0) is 12.8 Å². The summed E-state index contributed by atoms with van der Waals surface area (Å²) in [7, 11) is 0. The van der Waals surface area contributed by atoms with Gasteiger partial charge in [-0.1, -0.05) is 25.7 Å². The number of carbonyl (C=O) groups excluding carboxylic acids is 2. The Kier molecular flexibility index (Phi) is 3.80. The predicted molar refractivity (Wildman–Crippen MR) is 60.8 cm³/mol. The Morgan fingerprint density at radius 3 is 2.50 bits per heavy atom. The summed E-state index contributed by atoms with van der Waals surface area (Å²) in [6, 6.07) is 0. The molecule has 1 saturated heterocycles. The van der Waals surface area contributed by atoms with E-state index in [9.17, 15) is 9.59 Å². The van der Waals surface area contributed by atoms with E-state index in [-0.39, 0.29) is 24.3 Å². The number of rotatable bonds is 1. The zero-order valence-electron chi connectivity index (χ0n) is 9.71. The average Bonchev–Trinajstić information content (AvgIpc) is 2.56. The van der Waals surface area contributed by atoms with Crippen molar-refractivity contribution in [3.8, 4) is 0 Å². The summed E-state index contributed by atoms with van der Waals surface area (Å²) in [5.74, 6) is 0.360. The van der Waals surface area contributed by atoms with Crippen LogP contribution in [-0.4, -0.2) is 36.3 Å². The number of amides is 2. The Morgan fingerprint density at radius 2 is 1.88 bits per heavy atom. The Balaban J connectivity index is 1.91. The third-order valence-corrected chi connectivity index (χ3v) is 3.55. The quantitative estimate of drug-likeness (QED) is 0.673. The summed E-state index contributed by atoms with van der Waals surface area (Å²) in [6.45, 7) is 1.55. The summed E-state index contributed by atoms with van der Waals surface area (Å²) in [5, 5.41) is 2.75. The van der Waals surface area contributed by atoms with Gasteiger partial charge in [-0.25, -0.2) is 0 Å². The molecule has 16 heavy (non-hydrogen) atoms. The molecule has 2 aliphatic rings. The monoisotopic (exact) mass is 224 g/mol. The Morgan fingerprint density at radius 1 is 1.19 bits per heavy atom. The van der Waals surface area contributed by atoms with Crippen LogP contribution in [0.1, 0.15) is 38.5 Å². The molecule has 0 atom stereocenters. The number of nitrogens with one attached hydrogen (secondary N) is 1. The second kappa shape index (κ2) is 5.32. The first kappa shape index (κ1) is 11.4. The maximum atomic E-state index is 12.2. The number of nitrogens with zero attached hydrogens (tertiary/aromatic N) is 1. The van der Waals surface area contributed by atoms with Crippen molar-refractivity contribution in [2.75, 3.05) is 19.6 Å². The Labute approximate surface area is 96.4 Å². The minimum atomic E-state index is -0.0202. The highest BCUT2D eigenvalue weighted by Gasteiger charge is 2.27. The highest BCUT2D eigenvalue weighted by Crippen LogP contribution is 2.24. The molecule has 1 heterocycles. The smallest absolute Gasteiger partial charge is 0.239 e. The summed E-state index contributed by atoms with van der Waals surface area (Å²) >= 11 is 0. The molecule has 1 aliphatic carbocycles. The minimum Gasteiger partial charge on any atom is -0.353 e. The van der Waals surface area contributed by atoms with Crippen LogP contribution in [0, 0.1) is 5.92 Å². The van der Waals surface area contributed by atoms with Crippen molar-refractivity contribution < 1.29 is 9.59 Å². The number of piperazine rings is 1. The van der Waals surface area contributed by atoms with Crippen LogP contribution < -0.4 is 5.32 Å². The fourth-order valence-electron chi connectivity index (χ4n) is 2.61. The maximum absolute atomic E-state index is 12.2. The average molecular weight is 224 g/mol. The summed E-state index contributed by atoms with van der Waals surface area (Å²) in [5.41, 5.74) is 0. The molecule has 2 fully saturated rings. The normalized spacial score (nSPS) is 23.8. The van der Waals surface area contributed by atoms with Crippen molar-refractivity contribution in [3.05, 3.63) is 0 Å². The third-order valence-electron chi connectivity index (χ3n) is 3.55. The van der Waals surface area contributed by atoms with E-state index in [1.807, 2.05) is 0 Å². The summed E-state index contributed by atoms with van der Waals surface area (Å²) < 4.78 is 0. The van der Waals surface area contributed by atoms with Gasteiger partial charge in [0.25, 0.3) is 0 Å². The van der Waals surface area contributed by atoms with Crippen molar-refractivity contribution in [2.24, 2.45) is 5.92 Å². The fourth-order valence-corrected chi connectivity index (χ4v) is 2.61. The Bertz CT molecular complexity index is 270. The van der Waals surface area contributed by atoms with Crippen LogP contribution >= 0.6 is 0 Å². The summed E-state index contributed by atoms with van der Waals surface area (Å²) in [6.07, 6.45) is 6.86. The first-order valence-electron chi connectivity index (χ1n) is 6.33. The first-order valence-corrected chi connectivity index (χ1v) is 6.33. The molecule has 0 aromatic carbocycles. The van der Waals surface area contributed by atoms with E-state index in [0.717, 1.165) is 25.7 Å². The molecule has 0 spiro atoms. The molecule has 0 radical (unpaired) electrons. The molecule has 2 amide bonds. The van der Waals surface area contributed by atoms with Gasteiger partial charge in [0.1, 0.15) is 0 Å². The number of hydrogen-bond acceptors (Lipinski definition) is 2. The van der Waals surface area contributed by atoms with Crippen molar-refractivity contribution in [2.45, 2.75) is 38.5 Å². The van der Waals surface area contributed by atoms with E-state index in [1.54, 1.807) is 4.90 Å². The minimum absolute atomic E-state index is 0.0202. The molecule has 0 aromatic heterocycles. The van der Waals surface area contributed by atoms with Crippen LogP contribution in [0.2, 0.25) is 0 Å². The van der Waals surface area contributed by atoms with Gasteiger partial charge in [0.05, 0.1) is 6.54 Å². The molecule has 90 valence electrons. The SMILES string of the molecule is O=C1CN(C(=O)C2CCCCCC2)CCN1. The first-order chi connectivity index (χ1) is 7.77. The lowest BCUT2D eigenvalue weighted by atomic mass is 9.98. The lowest BCUT2D eigenvalue weighted by molar-refractivity contribution is -0.141. The predicted octanol–water partition coefficient (Wildman–Crippen LogP) is 0.915. The molecule has 0 unspecified atom stereocenters. The van der Waals surface area contributed by atoms with E-state index in [0.29, 0.717) is 13.1 Å². The van der Waals surface area contributed by atoms with E-state index in [2.05, 4.69) is 5.32 Å². The zero-order valence-corrected chi connectivity index (χ0v) is 9.71. The summed E-state index contributed by atoms with van der Waals surface area (Å²) in [4.78, 5) is 25.2. The molecule has 0 bridgehead atoms. The van der Waals surface area contributed by atoms with Crippen molar-refractivity contribution in [3.63, 3.8) is 0 Å². The highest BCUT2D eigenvalue weighted by molar-refractivity contribution is 5.86. The van der Waals surface area contributed by atoms with Crippen molar-refractivity contribution >= 4 is 11.8 Å². The van der Waals surface area contributed by atoms with Crippen LogP contribution in [0.25, 0.3) is 0 Å². The van der Waals surface area contributed by atoms with Gasteiger partial charge in [0, 0.05) is 19.0 Å². The molecule has 4 heteroatoms. The van der Waals surface area contributed by atoms with Gasteiger partial charge in [-0.3, -0.25) is 9.59 Å². The van der Waals surface area contributed by atoms with E-state index in [4.69, 9.17) is 0 Å². The molecular formula is C12H20N2O2. The van der Waals surface area contributed by atoms with Gasteiger partial charge in [-0.15, -0.1) is 0 Å². The van der Waals surface area contributed by atoms with Gasteiger partial charge in [-0.2, -0.15) is 0 Å². The van der Waals surface area contributed by atoms with Gasteiger partial charge in [0.15, 0.2) is 0 Å². The highest BCUT2D eigenvalue weighted by atomic mass is 16.2. The van der Waals surface area contributed by atoms with Crippen LogP contribution in [-0.2, 0) is 9.59 Å². The van der Waals surface area contributed by atoms with Crippen LogP contribution in [0.3, 0.4) is 0 Å². The molecule has 1 N–H and O–H groups in total. The van der Waals surface area contributed by atoms with Gasteiger partial charge < -0.3 is 10.2 Å². The molecular weight excluding hydrogens is 204 g/mol. The topological polar surface area (TPSA) is 49.4 Å². The standard InChI is InChI=1S/C12H20N2O2/c15-11-9-14(8-7-13-11)12(16)10-5-3-1-2-4-6-10/h10H,1-9H2,(H,13,15). The fraction of sp³-hybridized carbons (Fsp3) is 0.833. The maximum Gasteiger partial charge on any atom is 0.239 e. The molecule has 1 aliphatic heterocycles. The zero-order chi connectivity index (χ0) is 11.4. The van der Waals surface area contributed by atoms with E-state index < -0.39 is 0 Å². The number of hydrogen-bond donors (Lipinski definition) is 1. The van der Waals surface area contributed by atoms with Gasteiger partial charge in [0.2, 0.25) is 11.8 Å². The molecule has 0 aromatic rings. The molecule has 2 rings (SSSR count). The van der Waals surface area contributed by atoms with E-state index >= 15 is 0 Å². The second-order valence-electron chi connectivity index (χ2n) is 4.80. The van der Waals surface area contributed by atoms with Crippen LogP contribution in [0.15, 0.2) is 0 Å². The van der Waals surface area contributed by atoms with Crippen LogP contribution in [0.4, 0.5) is 0 Å². The van der Waals surface area contributed by atoms with Crippen LogP contribution in [0.5, 0.6) is 0 Å². The molecule has 4 nitrogen and oxygen atoms in total. The lowest BCUT2D eigenvalue weighted by Gasteiger charge is -2.29. The largest absolute Gasteiger partial charge is 0.353 e. The lowest BCUT2D eigenvalue weighted by Crippen LogP contribution is -2.51. The molecule has 1 saturated carbocycles. The van der Waals surface area contributed by atoms with E-state index in [1.165, 1.54) is 12.8 Å². The third kappa shape index (κ3) is 2.74. The Hall–Kier alpha value is -1.06.